The van der Waals surface area contributed by atoms with Gasteiger partial charge in [-0.1, -0.05) is 26.7 Å². The summed E-state index contributed by atoms with van der Waals surface area (Å²) in [6.45, 7) is 8.19. The van der Waals surface area contributed by atoms with Gasteiger partial charge in [0.1, 0.15) is 0 Å². The fraction of sp³-hybridized carbons (Fsp3) is 1.00. The van der Waals surface area contributed by atoms with Gasteiger partial charge in [0, 0.05) is 12.6 Å². The highest BCUT2D eigenvalue weighted by Crippen LogP contribution is 2.39. The van der Waals surface area contributed by atoms with Crippen LogP contribution in [0.4, 0.5) is 0 Å². The highest BCUT2D eigenvalue weighted by atomic mass is 14.9. The molecule has 0 spiro atoms. The maximum absolute atomic E-state index is 3.63. The zero-order valence-corrected chi connectivity index (χ0v) is 8.82. The molecule has 0 bridgehead atoms. The molecule has 1 unspecified atom stereocenters. The zero-order valence-electron chi connectivity index (χ0n) is 8.82. The summed E-state index contributed by atoms with van der Waals surface area (Å²) in [5.41, 5.74) is 0.641. The third-order valence-corrected chi connectivity index (χ3v) is 3.16. The normalized spacial score (nSPS) is 23.2. The Bertz CT molecular complexity index is 127. The Hall–Kier alpha value is -0.0400. The number of hydrogen-bond donors (Lipinski definition) is 1. The summed E-state index contributed by atoms with van der Waals surface area (Å²) in [5, 5.41) is 3.63. The molecule has 72 valence electrons. The fourth-order valence-corrected chi connectivity index (χ4v) is 1.91. The molecule has 1 aliphatic rings. The quantitative estimate of drug-likeness (QED) is 0.667. The molecule has 0 aromatic carbocycles. The van der Waals surface area contributed by atoms with E-state index in [1.54, 1.807) is 0 Å². The van der Waals surface area contributed by atoms with Crippen molar-refractivity contribution in [1.29, 1.82) is 0 Å². The monoisotopic (exact) mass is 169 g/mol. The predicted octanol–water partition coefficient (Wildman–Crippen LogP) is 2.95. The highest BCUT2D eigenvalue weighted by molar-refractivity contribution is 4.85. The molecule has 0 heterocycles. The van der Waals surface area contributed by atoms with Crippen LogP contribution in [-0.2, 0) is 0 Å². The van der Waals surface area contributed by atoms with Crippen LogP contribution in [-0.4, -0.2) is 12.6 Å². The van der Waals surface area contributed by atoms with E-state index < -0.39 is 0 Å². The van der Waals surface area contributed by atoms with Crippen LogP contribution >= 0.6 is 0 Å². The van der Waals surface area contributed by atoms with Crippen LogP contribution in [0, 0.1) is 5.41 Å². The van der Waals surface area contributed by atoms with Gasteiger partial charge in [0.05, 0.1) is 0 Å². The number of nitrogens with one attached hydrogen (secondary N) is 1. The van der Waals surface area contributed by atoms with Crippen LogP contribution < -0.4 is 5.32 Å². The smallest absolute Gasteiger partial charge is 0.00388 e. The summed E-state index contributed by atoms with van der Waals surface area (Å²) < 4.78 is 0. The van der Waals surface area contributed by atoms with Gasteiger partial charge in [-0.15, -0.1) is 0 Å². The summed E-state index contributed by atoms with van der Waals surface area (Å²) in [5.74, 6) is 0. The Kier molecular flexibility index (Phi) is 3.57. The van der Waals surface area contributed by atoms with E-state index >= 15 is 0 Å². The third-order valence-electron chi connectivity index (χ3n) is 3.16. The van der Waals surface area contributed by atoms with Gasteiger partial charge >= 0.3 is 0 Å². The van der Waals surface area contributed by atoms with Crippen molar-refractivity contribution in [2.75, 3.05) is 6.54 Å². The van der Waals surface area contributed by atoms with Gasteiger partial charge in [-0.2, -0.15) is 0 Å². The van der Waals surface area contributed by atoms with Gasteiger partial charge in [-0.3, -0.25) is 0 Å². The van der Waals surface area contributed by atoms with Crippen LogP contribution in [0.5, 0.6) is 0 Å². The van der Waals surface area contributed by atoms with Gasteiger partial charge in [0.25, 0.3) is 0 Å². The van der Waals surface area contributed by atoms with Gasteiger partial charge in [-0.05, 0) is 31.6 Å². The average Bonchev–Trinajstić information content (AvgIpc) is 1.98. The summed E-state index contributed by atoms with van der Waals surface area (Å²) in [6.07, 6.45) is 6.92. The van der Waals surface area contributed by atoms with E-state index in [0.29, 0.717) is 11.5 Å². The van der Waals surface area contributed by atoms with E-state index in [2.05, 4.69) is 26.1 Å². The van der Waals surface area contributed by atoms with E-state index in [1.165, 1.54) is 38.6 Å². The van der Waals surface area contributed by atoms with Crippen molar-refractivity contribution in [3.05, 3.63) is 0 Å². The largest absolute Gasteiger partial charge is 0.314 e. The number of hydrogen-bond acceptors (Lipinski definition) is 1. The predicted molar refractivity (Wildman–Crippen MR) is 54.3 cm³/mol. The molecule has 1 fully saturated rings. The summed E-state index contributed by atoms with van der Waals surface area (Å²) in [6, 6.07) is 0.715. The second-order valence-electron chi connectivity index (χ2n) is 4.73. The molecule has 0 saturated heterocycles. The van der Waals surface area contributed by atoms with Gasteiger partial charge < -0.3 is 5.32 Å². The molecule has 1 heteroatoms. The van der Waals surface area contributed by atoms with Crippen molar-refractivity contribution in [2.24, 2.45) is 5.41 Å². The lowest BCUT2D eigenvalue weighted by Gasteiger charge is -2.39. The molecule has 0 radical (unpaired) electrons. The molecule has 1 saturated carbocycles. The van der Waals surface area contributed by atoms with E-state index in [0.717, 1.165) is 0 Å². The van der Waals surface area contributed by atoms with E-state index in [-0.39, 0.29) is 0 Å². The van der Waals surface area contributed by atoms with Crippen molar-refractivity contribution in [1.82, 2.24) is 5.32 Å². The van der Waals surface area contributed by atoms with Crippen LogP contribution in [0.3, 0.4) is 0 Å². The van der Waals surface area contributed by atoms with Gasteiger partial charge in [-0.25, -0.2) is 0 Å². The summed E-state index contributed by atoms with van der Waals surface area (Å²) in [7, 11) is 0. The summed E-state index contributed by atoms with van der Waals surface area (Å²) in [4.78, 5) is 0. The molecule has 0 amide bonds. The minimum absolute atomic E-state index is 0.641. The van der Waals surface area contributed by atoms with Crippen molar-refractivity contribution < 1.29 is 0 Å². The van der Waals surface area contributed by atoms with Crippen molar-refractivity contribution in [3.63, 3.8) is 0 Å². The fourth-order valence-electron chi connectivity index (χ4n) is 1.91. The van der Waals surface area contributed by atoms with Crippen LogP contribution in [0.2, 0.25) is 0 Å². The first-order valence-corrected chi connectivity index (χ1v) is 5.40. The Labute approximate surface area is 76.9 Å². The van der Waals surface area contributed by atoms with Crippen LogP contribution in [0.15, 0.2) is 0 Å². The van der Waals surface area contributed by atoms with Gasteiger partial charge in [0.2, 0.25) is 0 Å². The first-order valence-electron chi connectivity index (χ1n) is 5.40. The molecular formula is C11H23N. The zero-order chi connectivity index (χ0) is 9.03. The summed E-state index contributed by atoms with van der Waals surface area (Å²) >= 11 is 0. The van der Waals surface area contributed by atoms with E-state index in [1.807, 2.05) is 0 Å². The number of rotatable bonds is 5. The average molecular weight is 169 g/mol. The Balaban J connectivity index is 2.07. The van der Waals surface area contributed by atoms with Crippen LogP contribution in [0.25, 0.3) is 0 Å². The third kappa shape index (κ3) is 2.78. The molecule has 0 aromatic rings. The molecule has 12 heavy (non-hydrogen) atoms. The van der Waals surface area contributed by atoms with Crippen molar-refractivity contribution in [3.8, 4) is 0 Å². The topological polar surface area (TPSA) is 12.0 Å². The second kappa shape index (κ2) is 4.27. The molecule has 1 nitrogen and oxygen atoms in total. The minimum Gasteiger partial charge on any atom is -0.314 e. The lowest BCUT2D eigenvalue weighted by molar-refractivity contribution is 0.151. The SMILES string of the molecule is CCCC(C)NCC1(C)CCC1. The molecule has 0 aliphatic heterocycles. The van der Waals surface area contributed by atoms with Gasteiger partial charge in [0.15, 0.2) is 0 Å². The highest BCUT2D eigenvalue weighted by Gasteiger charge is 2.31. The van der Waals surface area contributed by atoms with E-state index in [9.17, 15) is 0 Å². The molecule has 1 aliphatic carbocycles. The second-order valence-corrected chi connectivity index (χ2v) is 4.73. The Morgan fingerprint density at radius 2 is 2.08 bits per heavy atom. The minimum atomic E-state index is 0.641. The lowest BCUT2D eigenvalue weighted by atomic mass is 9.70. The molecule has 1 atom stereocenters. The Morgan fingerprint density at radius 1 is 1.42 bits per heavy atom. The maximum Gasteiger partial charge on any atom is 0.00388 e. The molecule has 0 aromatic heterocycles. The van der Waals surface area contributed by atoms with E-state index in [4.69, 9.17) is 0 Å². The van der Waals surface area contributed by atoms with Crippen LogP contribution in [0.1, 0.15) is 52.9 Å². The molecule has 1 rings (SSSR count). The lowest BCUT2D eigenvalue weighted by Crippen LogP contribution is -2.40. The Morgan fingerprint density at radius 3 is 2.50 bits per heavy atom. The maximum atomic E-state index is 3.63. The standard InChI is InChI=1S/C11H23N/c1-4-6-10(2)12-9-11(3)7-5-8-11/h10,12H,4-9H2,1-3H3. The molecule has 1 N–H and O–H groups in total. The first kappa shape index (κ1) is 10.0. The van der Waals surface area contributed by atoms with Crippen molar-refractivity contribution in [2.45, 2.75) is 58.9 Å². The van der Waals surface area contributed by atoms with Crippen molar-refractivity contribution >= 4 is 0 Å². The molecular weight excluding hydrogens is 146 g/mol. The first-order chi connectivity index (χ1) is 5.66.